The number of hydrogen-bond acceptors (Lipinski definition) is 5. The maximum absolute atomic E-state index is 12.6. The molecule has 3 N–H and O–H groups in total. The van der Waals surface area contributed by atoms with Crippen molar-refractivity contribution in [1.82, 2.24) is 9.88 Å². The average molecular weight is 529 g/mol. The summed E-state index contributed by atoms with van der Waals surface area (Å²) in [6.07, 6.45) is 1.56. The maximum atomic E-state index is 12.6. The molecule has 1 aliphatic heterocycles. The van der Waals surface area contributed by atoms with Gasteiger partial charge in [-0.3, -0.25) is 19.4 Å². The van der Waals surface area contributed by atoms with Crippen molar-refractivity contribution in [2.45, 2.75) is 51.1 Å². The Labute approximate surface area is 227 Å². The summed E-state index contributed by atoms with van der Waals surface area (Å²) in [5.74, 6) is -0.755. The van der Waals surface area contributed by atoms with Crippen LogP contribution < -0.4 is 15.4 Å². The largest absolute Gasteiger partial charge is 0.466 e. The first-order valence-electron chi connectivity index (χ1n) is 13.0. The van der Waals surface area contributed by atoms with Gasteiger partial charge in [-0.2, -0.15) is 0 Å². The summed E-state index contributed by atoms with van der Waals surface area (Å²) in [6, 6.07) is 19.3. The number of benzene rings is 2. The maximum Gasteiger partial charge on any atom is 0.408 e. The molecule has 2 heterocycles. The number of carboxylic acid groups (broad SMARTS) is 1. The third-order valence-electron chi connectivity index (χ3n) is 7.46. The van der Waals surface area contributed by atoms with E-state index in [9.17, 15) is 19.5 Å². The fourth-order valence-electron chi connectivity index (χ4n) is 5.72. The number of carbonyl (C=O) groups is 3. The second-order valence-corrected chi connectivity index (χ2v) is 11.1. The van der Waals surface area contributed by atoms with E-state index >= 15 is 0 Å². The van der Waals surface area contributed by atoms with Crippen molar-refractivity contribution >= 4 is 23.6 Å². The molecule has 0 unspecified atom stereocenters. The number of primary amides is 1. The van der Waals surface area contributed by atoms with Crippen molar-refractivity contribution in [2.75, 3.05) is 18.1 Å². The lowest BCUT2D eigenvalue weighted by Crippen LogP contribution is -2.60. The molecule has 5 rings (SSSR count). The van der Waals surface area contributed by atoms with Crippen LogP contribution >= 0.6 is 0 Å². The second kappa shape index (κ2) is 9.72. The van der Waals surface area contributed by atoms with E-state index in [1.807, 2.05) is 75.4 Å². The molecule has 1 fully saturated rings. The molecule has 39 heavy (non-hydrogen) atoms. The minimum atomic E-state index is -0.929. The summed E-state index contributed by atoms with van der Waals surface area (Å²) in [5.41, 5.74) is 8.71. The minimum absolute atomic E-state index is 0.239. The summed E-state index contributed by atoms with van der Waals surface area (Å²) < 4.78 is 5.67. The number of nitrogens with zero attached hydrogens (tertiary/aromatic N) is 3. The molecule has 1 aliphatic carbocycles. The van der Waals surface area contributed by atoms with E-state index in [0.717, 1.165) is 41.5 Å². The molecule has 0 radical (unpaired) electrons. The number of rotatable bonds is 6. The van der Waals surface area contributed by atoms with Crippen LogP contribution in [0.4, 0.5) is 10.5 Å². The molecule has 0 spiro atoms. The SMILES string of the molecule is CC(C)(C)N(C(=O)O)C1(c2ccc(-c3nc4c(cc3-c3ccccc3)N(CC(N)=O)C(=O)CO4)cc2)CCC1. The van der Waals surface area contributed by atoms with Gasteiger partial charge in [-0.05, 0) is 57.2 Å². The van der Waals surface area contributed by atoms with Gasteiger partial charge >= 0.3 is 6.09 Å². The molecule has 1 aromatic heterocycles. The standard InChI is InChI=1S/C30H32N4O5/c1-29(2,3)34(28(37)38)30(14-7-15-30)21-12-10-20(11-13-21)26-22(19-8-5-4-6-9-19)16-23-27(32-26)39-18-25(36)33(23)17-24(31)35/h4-6,8-13,16H,7,14-15,17-18H2,1-3H3,(H2,31,35)(H,37,38). The van der Waals surface area contributed by atoms with Crippen molar-refractivity contribution in [3.63, 3.8) is 0 Å². The highest BCUT2D eigenvalue weighted by Crippen LogP contribution is 2.50. The van der Waals surface area contributed by atoms with Crippen LogP contribution in [0.3, 0.4) is 0 Å². The normalized spacial score (nSPS) is 16.1. The van der Waals surface area contributed by atoms with E-state index < -0.39 is 23.1 Å². The molecule has 2 aliphatic rings. The number of nitrogens with two attached hydrogens (primary N) is 1. The zero-order valence-corrected chi connectivity index (χ0v) is 22.3. The predicted octanol–water partition coefficient (Wildman–Crippen LogP) is 4.78. The van der Waals surface area contributed by atoms with Crippen molar-refractivity contribution in [3.05, 3.63) is 66.2 Å². The molecule has 9 heteroatoms. The number of ether oxygens (including phenoxy) is 1. The number of aromatic nitrogens is 1. The van der Waals surface area contributed by atoms with Gasteiger partial charge in [0.25, 0.3) is 5.91 Å². The zero-order chi connectivity index (χ0) is 27.9. The first-order chi connectivity index (χ1) is 18.5. The average Bonchev–Trinajstić information content (AvgIpc) is 2.86. The van der Waals surface area contributed by atoms with Crippen molar-refractivity contribution < 1.29 is 24.2 Å². The van der Waals surface area contributed by atoms with Crippen molar-refractivity contribution in [1.29, 1.82) is 0 Å². The highest BCUT2D eigenvalue weighted by molar-refractivity contribution is 6.02. The lowest BCUT2D eigenvalue weighted by atomic mass is 9.69. The Morgan fingerprint density at radius 1 is 1.08 bits per heavy atom. The number of pyridine rings is 1. The molecule has 0 atom stereocenters. The number of anilines is 1. The highest BCUT2D eigenvalue weighted by Gasteiger charge is 2.50. The Bertz CT molecular complexity index is 1430. The topological polar surface area (TPSA) is 126 Å². The Morgan fingerprint density at radius 2 is 1.74 bits per heavy atom. The molecule has 202 valence electrons. The van der Waals surface area contributed by atoms with Gasteiger partial charge in [-0.25, -0.2) is 9.78 Å². The van der Waals surface area contributed by atoms with Gasteiger partial charge in [0.1, 0.15) is 12.2 Å². The number of hydrogen-bond donors (Lipinski definition) is 2. The third kappa shape index (κ3) is 4.69. The quantitative estimate of drug-likeness (QED) is 0.474. The van der Waals surface area contributed by atoms with Crippen LogP contribution in [-0.4, -0.2) is 51.6 Å². The van der Waals surface area contributed by atoms with E-state index in [4.69, 9.17) is 15.5 Å². The molecule has 3 amide bonds. The summed E-state index contributed by atoms with van der Waals surface area (Å²) in [7, 11) is 0. The number of amides is 3. The first kappa shape index (κ1) is 26.2. The van der Waals surface area contributed by atoms with Crippen LogP contribution in [-0.2, 0) is 15.1 Å². The number of carbonyl (C=O) groups excluding carboxylic acids is 2. The lowest BCUT2D eigenvalue weighted by Gasteiger charge is -2.54. The molecule has 9 nitrogen and oxygen atoms in total. The second-order valence-electron chi connectivity index (χ2n) is 11.1. The van der Waals surface area contributed by atoms with E-state index in [1.54, 1.807) is 11.0 Å². The van der Waals surface area contributed by atoms with Crippen LogP contribution in [0.25, 0.3) is 22.4 Å². The Hall–Kier alpha value is -4.40. The lowest BCUT2D eigenvalue weighted by molar-refractivity contribution is -0.124. The van der Waals surface area contributed by atoms with Gasteiger partial charge < -0.3 is 15.6 Å². The molecule has 0 saturated heterocycles. The van der Waals surface area contributed by atoms with Crippen molar-refractivity contribution in [3.8, 4) is 28.3 Å². The minimum Gasteiger partial charge on any atom is -0.466 e. The van der Waals surface area contributed by atoms with Gasteiger partial charge in [0, 0.05) is 16.7 Å². The molecule has 3 aromatic rings. The Balaban J connectivity index is 1.61. The summed E-state index contributed by atoms with van der Waals surface area (Å²) in [6.45, 7) is 5.26. The van der Waals surface area contributed by atoms with Gasteiger partial charge in [0.2, 0.25) is 11.8 Å². The first-order valence-corrected chi connectivity index (χ1v) is 13.0. The fourth-order valence-corrected chi connectivity index (χ4v) is 5.72. The fraction of sp³-hybridized carbons (Fsp3) is 0.333. The summed E-state index contributed by atoms with van der Waals surface area (Å²) in [5, 5.41) is 10.1. The van der Waals surface area contributed by atoms with Crippen LogP contribution in [0.15, 0.2) is 60.7 Å². The van der Waals surface area contributed by atoms with Gasteiger partial charge in [0.15, 0.2) is 6.61 Å². The van der Waals surface area contributed by atoms with E-state index in [0.29, 0.717) is 11.4 Å². The van der Waals surface area contributed by atoms with Gasteiger partial charge in [0.05, 0.1) is 11.2 Å². The van der Waals surface area contributed by atoms with Crippen LogP contribution in [0, 0.1) is 0 Å². The molecular weight excluding hydrogens is 496 g/mol. The number of fused-ring (bicyclic) bond motifs is 1. The third-order valence-corrected chi connectivity index (χ3v) is 7.46. The molecule has 1 saturated carbocycles. The molecule has 0 bridgehead atoms. The molecule has 2 aromatic carbocycles. The predicted molar refractivity (Wildman–Crippen MR) is 147 cm³/mol. The Morgan fingerprint density at radius 3 is 2.28 bits per heavy atom. The van der Waals surface area contributed by atoms with E-state index in [2.05, 4.69) is 0 Å². The highest BCUT2D eigenvalue weighted by atomic mass is 16.5. The Kier molecular flexibility index (Phi) is 6.54. The summed E-state index contributed by atoms with van der Waals surface area (Å²) in [4.78, 5) is 44.3. The van der Waals surface area contributed by atoms with Gasteiger partial charge in [-0.15, -0.1) is 0 Å². The zero-order valence-electron chi connectivity index (χ0n) is 22.3. The van der Waals surface area contributed by atoms with E-state index in [-0.39, 0.29) is 24.9 Å². The van der Waals surface area contributed by atoms with Crippen molar-refractivity contribution in [2.24, 2.45) is 5.73 Å². The van der Waals surface area contributed by atoms with E-state index in [1.165, 1.54) is 4.90 Å². The molecular formula is C30H32N4O5. The van der Waals surface area contributed by atoms with Gasteiger partial charge in [-0.1, -0.05) is 54.6 Å². The summed E-state index contributed by atoms with van der Waals surface area (Å²) >= 11 is 0. The van der Waals surface area contributed by atoms with Crippen LogP contribution in [0.2, 0.25) is 0 Å². The van der Waals surface area contributed by atoms with Crippen LogP contribution in [0.5, 0.6) is 5.88 Å². The smallest absolute Gasteiger partial charge is 0.408 e. The van der Waals surface area contributed by atoms with Crippen LogP contribution in [0.1, 0.15) is 45.6 Å². The monoisotopic (exact) mass is 528 g/mol.